The minimum Gasteiger partial charge on any atom is -0.349 e. The highest BCUT2D eigenvalue weighted by Gasteiger charge is 2.33. The number of imidazole rings is 1. The average Bonchev–Trinajstić information content (AvgIpc) is 3.46. The number of halogens is 3. The molecule has 0 aliphatic carbocycles. The number of nitrogens with one attached hydrogen (secondary N) is 2. The molecule has 0 saturated carbocycles. The van der Waals surface area contributed by atoms with Gasteiger partial charge in [0.2, 0.25) is 0 Å². The smallest absolute Gasteiger partial charge is 0.269 e. The zero-order valence-corrected chi connectivity index (χ0v) is 28.7. The van der Waals surface area contributed by atoms with E-state index in [0.717, 1.165) is 22.9 Å². The van der Waals surface area contributed by atoms with E-state index in [-0.39, 0.29) is 23.1 Å². The number of amides is 1. The molecule has 9 nitrogen and oxygen atoms in total. The highest BCUT2D eigenvalue weighted by molar-refractivity contribution is 9.10. The number of non-ortho nitro benzene ring substituents is 1. The van der Waals surface area contributed by atoms with Crippen LogP contribution in [0, 0.1) is 16.0 Å². The van der Waals surface area contributed by atoms with Crippen LogP contribution < -0.4 is 10.7 Å². The largest absolute Gasteiger partial charge is 0.349 e. The minimum atomic E-state index is -0.950. The van der Waals surface area contributed by atoms with Crippen molar-refractivity contribution in [3.63, 3.8) is 0 Å². The molecular formula is C32H33BrCl2N6O3S. The van der Waals surface area contributed by atoms with Gasteiger partial charge < -0.3 is 9.88 Å². The van der Waals surface area contributed by atoms with Crippen molar-refractivity contribution >= 4 is 73.6 Å². The minimum absolute atomic E-state index is 0.00385. The van der Waals surface area contributed by atoms with E-state index in [1.807, 2.05) is 34.9 Å². The molecule has 1 aromatic heterocycles. The second-order valence-corrected chi connectivity index (χ2v) is 12.8. The highest BCUT2D eigenvalue weighted by Crippen LogP contribution is 2.29. The quantitative estimate of drug-likeness (QED) is 0.0763. The van der Waals surface area contributed by atoms with Crippen LogP contribution in [0.15, 0.2) is 83.7 Å². The third kappa shape index (κ3) is 9.34. The molecule has 0 aliphatic rings. The molecule has 13 heteroatoms. The standard InChI is InChI=1S/C32H33BrCl2N6O3S/c1-3-21(2)14-15-37-40(19-23-6-4-9-27(34)30(23)35)32(42)29(31(45)38-25-8-5-7-24(33)16-25)28-17-36-20-39(28)18-22-10-12-26(13-11-22)41(43)44/h4-13,16-17,20-21,29,37H,3,14-15,18-19H2,1-2H3,(H,38,45)/t21-,29+/m0/s1. The van der Waals surface area contributed by atoms with Gasteiger partial charge in [-0.25, -0.2) is 10.4 Å². The number of aromatic nitrogens is 2. The van der Waals surface area contributed by atoms with E-state index in [1.54, 1.807) is 41.8 Å². The number of rotatable bonds is 14. The number of hydrazine groups is 1. The molecule has 0 bridgehead atoms. The van der Waals surface area contributed by atoms with Crippen molar-refractivity contribution in [1.82, 2.24) is 20.0 Å². The molecule has 2 N–H and O–H groups in total. The molecule has 1 heterocycles. The van der Waals surface area contributed by atoms with Crippen LogP contribution in [-0.4, -0.2) is 36.9 Å². The summed E-state index contributed by atoms with van der Waals surface area (Å²) in [6, 6.07) is 19.1. The van der Waals surface area contributed by atoms with Gasteiger partial charge in [-0.2, -0.15) is 0 Å². The first-order chi connectivity index (χ1) is 21.6. The molecule has 4 aromatic rings. The number of nitro groups is 1. The van der Waals surface area contributed by atoms with Crippen LogP contribution >= 0.6 is 51.3 Å². The van der Waals surface area contributed by atoms with E-state index in [4.69, 9.17) is 35.4 Å². The SMILES string of the molecule is CC[C@H](C)CCNN(Cc1cccc(Cl)c1Cl)C(=O)[C@@H](C(=S)Nc1cccc(Br)c1)c1cncn1Cc1ccc([N+](=O)[O-])cc1. The van der Waals surface area contributed by atoms with E-state index in [2.05, 4.69) is 45.5 Å². The highest BCUT2D eigenvalue weighted by atomic mass is 79.9. The third-order valence-corrected chi connectivity index (χ3v) is 9.09. The van der Waals surface area contributed by atoms with Crippen molar-refractivity contribution in [1.29, 1.82) is 0 Å². The number of benzene rings is 3. The molecule has 2 atom stereocenters. The van der Waals surface area contributed by atoms with Gasteiger partial charge in [0, 0.05) is 41.6 Å². The normalized spacial score (nSPS) is 12.4. The van der Waals surface area contributed by atoms with Crippen molar-refractivity contribution in [2.45, 2.75) is 45.7 Å². The predicted molar refractivity (Wildman–Crippen MR) is 187 cm³/mol. The Balaban J connectivity index is 1.72. The van der Waals surface area contributed by atoms with E-state index in [1.165, 1.54) is 12.1 Å². The maximum Gasteiger partial charge on any atom is 0.269 e. The molecule has 4 rings (SSSR count). The lowest BCUT2D eigenvalue weighted by molar-refractivity contribution is -0.384. The van der Waals surface area contributed by atoms with Crippen LogP contribution in [0.1, 0.15) is 49.4 Å². The van der Waals surface area contributed by atoms with Crippen LogP contribution in [0.4, 0.5) is 11.4 Å². The van der Waals surface area contributed by atoms with E-state index >= 15 is 0 Å². The van der Waals surface area contributed by atoms with Crippen LogP contribution in [0.2, 0.25) is 10.0 Å². The molecule has 0 spiro atoms. The van der Waals surface area contributed by atoms with Crippen molar-refractivity contribution in [3.05, 3.63) is 121 Å². The Labute approximate surface area is 286 Å². The first-order valence-electron chi connectivity index (χ1n) is 14.3. The molecule has 1 amide bonds. The van der Waals surface area contributed by atoms with Crippen molar-refractivity contribution < 1.29 is 9.72 Å². The monoisotopic (exact) mass is 730 g/mol. The number of anilines is 1. The summed E-state index contributed by atoms with van der Waals surface area (Å²) >= 11 is 22.3. The first-order valence-corrected chi connectivity index (χ1v) is 16.3. The number of carbonyl (C=O) groups is 1. The summed E-state index contributed by atoms with van der Waals surface area (Å²) in [6.07, 6.45) is 5.10. The third-order valence-electron chi connectivity index (χ3n) is 7.40. The van der Waals surface area contributed by atoms with Gasteiger partial charge in [-0.3, -0.25) is 19.9 Å². The number of thiocarbonyl (C=S) groups is 1. The van der Waals surface area contributed by atoms with Gasteiger partial charge in [-0.05, 0) is 47.7 Å². The Kier molecular flexibility index (Phi) is 12.5. The Hall–Kier alpha value is -3.35. The summed E-state index contributed by atoms with van der Waals surface area (Å²) in [5, 5.41) is 16.7. The Morgan fingerprint density at radius 1 is 1.16 bits per heavy atom. The van der Waals surface area contributed by atoms with Gasteiger partial charge >= 0.3 is 0 Å². The van der Waals surface area contributed by atoms with Crippen LogP contribution in [0.25, 0.3) is 0 Å². The van der Waals surface area contributed by atoms with E-state index < -0.39 is 10.8 Å². The molecule has 236 valence electrons. The summed E-state index contributed by atoms with van der Waals surface area (Å²) in [7, 11) is 0. The lowest BCUT2D eigenvalue weighted by Crippen LogP contribution is -2.48. The predicted octanol–water partition coefficient (Wildman–Crippen LogP) is 8.40. The summed E-state index contributed by atoms with van der Waals surface area (Å²) in [5.41, 5.74) is 6.07. The fraction of sp³-hybridized carbons (Fsp3) is 0.281. The summed E-state index contributed by atoms with van der Waals surface area (Å²) in [6.45, 7) is 5.31. The lowest BCUT2D eigenvalue weighted by Gasteiger charge is -2.30. The molecule has 3 aromatic carbocycles. The Bertz CT molecular complexity index is 1650. The average molecular weight is 733 g/mol. The van der Waals surface area contributed by atoms with Crippen molar-refractivity contribution in [2.75, 3.05) is 11.9 Å². The molecule has 0 unspecified atom stereocenters. The number of hydrogen-bond donors (Lipinski definition) is 2. The summed E-state index contributed by atoms with van der Waals surface area (Å²) in [5.74, 6) is -0.802. The van der Waals surface area contributed by atoms with Crippen LogP contribution in [-0.2, 0) is 17.9 Å². The number of hydrogen-bond acceptors (Lipinski definition) is 6. The summed E-state index contributed by atoms with van der Waals surface area (Å²) in [4.78, 5) is 30.0. The number of carbonyl (C=O) groups excluding carboxylic acids is 1. The van der Waals surface area contributed by atoms with Gasteiger partial charge in [0.15, 0.2) is 0 Å². The molecule has 0 radical (unpaired) electrons. The Morgan fingerprint density at radius 2 is 1.89 bits per heavy atom. The van der Waals surface area contributed by atoms with Crippen LogP contribution in [0.5, 0.6) is 0 Å². The number of nitrogens with zero attached hydrogens (tertiary/aromatic N) is 4. The van der Waals surface area contributed by atoms with Gasteiger partial charge in [0.25, 0.3) is 11.6 Å². The first kappa shape index (κ1) is 34.5. The molecule has 45 heavy (non-hydrogen) atoms. The topological polar surface area (TPSA) is 105 Å². The summed E-state index contributed by atoms with van der Waals surface area (Å²) < 4.78 is 2.67. The zero-order chi connectivity index (χ0) is 32.5. The second kappa shape index (κ2) is 16.3. The number of nitro benzene ring substituents is 1. The van der Waals surface area contributed by atoms with Gasteiger partial charge in [0.1, 0.15) is 5.92 Å². The Morgan fingerprint density at radius 3 is 2.58 bits per heavy atom. The fourth-order valence-electron chi connectivity index (χ4n) is 4.64. The van der Waals surface area contributed by atoms with Crippen molar-refractivity contribution in [3.8, 4) is 0 Å². The van der Waals surface area contributed by atoms with E-state index in [0.29, 0.717) is 46.0 Å². The van der Waals surface area contributed by atoms with Gasteiger partial charge in [-0.1, -0.05) is 102 Å². The van der Waals surface area contributed by atoms with Crippen molar-refractivity contribution in [2.24, 2.45) is 5.92 Å². The maximum atomic E-state index is 14.6. The zero-order valence-electron chi connectivity index (χ0n) is 24.8. The van der Waals surface area contributed by atoms with Gasteiger partial charge in [-0.15, -0.1) is 0 Å². The van der Waals surface area contributed by atoms with Gasteiger partial charge in [0.05, 0.1) is 38.5 Å². The molecular weight excluding hydrogens is 699 g/mol. The molecule has 0 saturated heterocycles. The molecule has 0 fully saturated rings. The molecule has 0 aliphatic heterocycles. The fourth-order valence-corrected chi connectivity index (χ4v) is 5.75. The van der Waals surface area contributed by atoms with Crippen LogP contribution in [0.3, 0.4) is 0 Å². The maximum absolute atomic E-state index is 14.6. The lowest BCUT2D eigenvalue weighted by atomic mass is 10.0. The van der Waals surface area contributed by atoms with E-state index in [9.17, 15) is 14.9 Å². The second-order valence-electron chi connectivity index (χ2n) is 10.7.